The molecule has 3 aromatic carbocycles. The molecule has 1 amide bonds. The van der Waals surface area contributed by atoms with E-state index in [2.05, 4.69) is 36.4 Å². The third-order valence-electron chi connectivity index (χ3n) is 5.67. The van der Waals surface area contributed by atoms with E-state index in [0.29, 0.717) is 13.0 Å². The summed E-state index contributed by atoms with van der Waals surface area (Å²) in [7, 11) is 1.87. The Balaban J connectivity index is 1.82. The first-order valence-electron chi connectivity index (χ1n) is 9.78. The van der Waals surface area contributed by atoms with Crippen molar-refractivity contribution in [2.45, 2.75) is 24.5 Å². The number of amides is 1. The Morgan fingerprint density at radius 3 is 1.61 bits per heavy atom. The molecule has 0 aromatic heterocycles. The molecule has 1 aliphatic rings. The fourth-order valence-electron chi connectivity index (χ4n) is 4.05. The van der Waals surface area contributed by atoms with E-state index < -0.39 is 5.60 Å². The van der Waals surface area contributed by atoms with Crippen molar-refractivity contribution in [3.63, 3.8) is 0 Å². The lowest BCUT2D eigenvalue weighted by atomic mass is 9.80. The standard InChI is InChI=1S/C25H25NO2/c1-26-23(17-18-24(26)27)19-28-25(20-11-5-2-6-12-20,21-13-7-3-8-14-21)22-15-9-4-10-16-22/h2-16,23H,17-19H2,1H3. The van der Waals surface area contributed by atoms with E-state index in [4.69, 9.17) is 4.74 Å². The second-order valence-electron chi connectivity index (χ2n) is 7.29. The van der Waals surface area contributed by atoms with Gasteiger partial charge in [0.1, 0.15) is 5.60 Å². The van der Waals surface area contributed by atoms with Crippen LogP contribution in [0, 0.1) is 0 Å². The fourth-order valence-corrected chi connectivity index (χ4v) is 4.05. The Hall–Kier alpha value is -2.91. The molecule has 0 aliphatic carbocycles. The van der Waals surface area contributed by atoms with Gasteiger partial charge in [0.15, 0.2) is 0 Å². The average molecular weight is 371 g/mol. The Morgan fingerprint density at radius 2 is 1.25 bits per heavy atom. The minimum Gasteiger partial charge on any atom is -0.359 e. The van der Waals surface area contributed by atoms with Crippen LogP contribution in [0.3, 0.4) is 0 Å². The molecule has 0 spiro atoms. The zero-order chi connectivity index (χ0) is 19.4. The maximum atomic E-state index is 12.0. The Labute approximate surface area is 166 Å². The fraction of sp³-hybridized carbons (Fsp3) is 0.240. The number of likely N-dealkylation sites (tertiary alicyclic amines) is 1. The van der Waals surface area contributed by atoms with Crippen molar-refractivity contribution >= 4 is 5.91 Å². The summed E-state index contributed by atoms with van der Waals surface area (Å²) in [6.45, 7) is 0.487. The van der Waals surface area contributed by atoms with Crippen LogP contribution in [0.4, 0.5) is 0 Å². The van der Waals surface area contributed by atoms with E-state index in [1.165, 1.54) is 0 Å². The van der Waals surface area contributed by atoms with Gasteiger partial charge in [-0.15, -0.1) is 0 Å². The Morgan fingerprint density at radius 1 is 0.821 bits per heavy atom. The van der Waals surface area contributed by atoms with Crippen molar-refractivity contribution in [3.8, 4) is 0 Å². The predicted octanol–water partition coefficient (Wildman–Crippen LogP) is 4.62. The molecule has 3 nitrogen and oxygen atoms in total. The molecule has 1 atom stereocenters. The van der Waals surface area contributed by atoms with E-state index in [1.54, 1.807) is 0 Å². The molecule has 3 heteroatoms. The quantitative estimate of drug-likeness (QED) is 0.592. The van der Waals surface area contributed by atoms with Crippen molar-refractivity contribution in [2.75, 3.05) is 13.7 Å². The molecule has 142 valence electrons. The van der Waals surface area contributed by atoms with Crippen LogP contribution in [-0.4, -0.2) is 30.5 Å². The summed E-state index contributed by atoms with van der Waals surface area (Å²) in [5.41, 5.74) is 2.52. The van der Waals surface area contributed by atoms with Crippen molar-refractivity contribution in [1.29, 1.82) is 0 Å². The van der Waals surface area contributed by atoms with Gasteiger partial charge in [0, 0.05) is 13.5 Å². The van der Waals surface area contributed by atoms with E-state index in [1.807, 2.05) is 66.5 Å². The zero-order valence-corrected chi connectivity index (χ0v) is 16.1. The molecule has 1 unspecified atom stereocenters. The minimum atomic E-state index is -0.726. The second-order valence-corrected chi connectivity index (χ2v) is 7.29. The Bertz CT molecular complexity index is 812. The van der Waals surface area contributed by atoms with Gasteiger partial charge in [-0.1, -0.05) is 91.0 Å². The number of ether oxygens (including phenoxy) is 1. The number of carbonyl (C=O) groups is 1. The zero-order valence-electron chi connectivity index (χ0n) is 16.1. The van der Waals surface area contributed by atoms with Gasteiger partial charge in [-0.3, -0.25) is 4.79 Å². The summed E-state index contributed by atoms with van der Waals surface area (Å²) < 4.78 is 6.80. The summed E-state index contributed by atoms with van der Waals surface area (Å²) in [6, 6.07) is 31.1. The highest BCUT2D eigenvalue weighted by molar-refractivity contribution is 5.78. The molecule has 1 heterocycles. The molecule has 0 saturated carbocycles. The summed E-state index contributed by atoms with van der Waals surface area (Å²) in [6.07, 6.45) is 1.43. The molecule has 0 bridgehead atoms. The van der Waals surface area contributed by atoms with Crippen molar-refractivity contribution in [1.82, 2.24) is 4.90 Å². The lowest BCUT2D eigenvalue weighted by molar-refractivity contribution is -0.128. The van der Waals surface area contributed by atoms with Gasteiger partial charge in [0.05, 0.1) is 12.6 Å². The van der Waals surface area contributed by atoms with Crippen LogP contribution in [0.5, 0.6) is 0 Å². The van der Waals surface area contributed by atoms with Gasteiger partial charge in [-0.2, -0.15) is 0 Å². The number of carbonyl (C=O) groups excluding carboxylic acids is 1. The lowest BCUT2D eigenvalue weighted by Crippen LogP contribution is -2.39. The van der Waals surface area contributed by atoms with Crippen LogP contribution in [0.1, 0.15) is 29.5 Å². The summed E-state index contributed by atoms with van der Waals surface area (Å²) in [4.78, 5) is 13.8. The highest BCUT2D eigenvalue weighted by Gasteiger charge is 2.39. The van der Waals surface area contributed by atoms with E-state index >= 15 is 0 Å². The average Bonchev–Trinajstić information content (AvgIpc) is 3.09. The van der Waals surface area contributed by atoms with Gasteiger partial charge < -0.3 is 9.64 Å². The number of hydrogen-bond acceptors (Lipinski definition) is 2. The van der Waals surface area contributed by atoms with Crippen LogP contribution in [0.15, 0.2) is 91.0 Å². The number of likely N-dealkylation sites (N-methyl/N-ethyl adjacent to an activating group) is 1. The van der Waals surface area contributed by atoms with Gasteiger partial charge in [-0.25, -0.2) is 0 Å². The first-order chi connectivity index (χ1) is 13.7. The molecule has 1 saturated heterocycles. The molecule has 0 radical (unpaired) electrons. The summed E-state index contributed by atoms with van der Waals surface area (Å²) >= 11 is 0. The third-order valence-corrected chi connectivity index (χ3v) is 5.67. The predicted molar refractivity (Wildman–Crippen MR) is 111 cm³/mol. The molecule has 3 aromatic rings. The van der Waals surface area contributed by atoms with Gasteiger partial charge in [0.25, 0.3) is 0 Å². The number of benzene rings is 3. The molecule has 1 aliphatic heterocycles. The van der Waals surface area contributed by atoms with E-state index in [0.717, 1.165) is 23.1 Å². The maximum absolute atomic E-state index is 12.0. The topological polar surface area (TPSA) is 29.5 Å². The van der Waals surface area contributed by atoms with Gasteiger partial charge >= 0.3 is 0 Å². The van der Waals surface area contributed by atoms with E-state index in [9.17, 15) is 4.79 Å². The van der Waals surface area contributed by atoms with Crippen molar-refractivity contribution < 1.29 is 9.53 Å². The first-order valence-corrected chi connectivity index (χ1v) is 9.78. The smallest absolute Gasteiger partial charge is 0.222 e. The van der Waals surface area contributed by atoms with Gasteiger partial charge in [-0.05, 0) is 23.1 Å². The third kappa shape index (κ3) is 3.34. The minimum absolute atomic E-state index is 0.100. The van der Waals surface area contributed by atoms with Crippen LogP contribution < -0.4 is 0 Å². The monoisotopic (exact) mass is 371 g/mol. The van der Waals surface area contributed by atoms with Crippen LogP contribution in [0.25, 0.3) is 0 Å². The number of hydrogen-bond donors (Lipinski definition) is 0. The largest absolute Gasteiger partial charge is 0.359 e. The number of nitrogens with zero attached hydrogens (tertiary/aromatic N) is 1. The summed E-state index contributed by atoms with van der Waals surface area (Å²) in [5, 5.41) is 0. The SMILES string of the molecule is CN1C(=O)CCC1COC(c1ccccc1)(c1ccccc1)c1ccccc1. The van der Waals surface area contributed by atoms with Crippen molar-refractivity contribution in [2.24, 2.45) is 0 Å². The van der Waals surface area contributed by atoms with Crippen LogP contribution in [-0.2, 0) is 15.1 Å². The number of rotatable bonds is 6. The highest BCUT2D eigenvalue weighted by Crippen LogP contribution is 2.41. The summed E-state index contributed by atoms with van der Waals surface area (Å²) in [5.74, 6) is 0.193. The molecule has 0 N–H and O–H groups in total. The first kappa shape index (κ1) is 18.5. The Kier molecular flexibility index (Phi) is 5.27. The molecular weight excluding hydrogens is 346 g/mol. The lowest BCUT2D eigenvalue weighted by Gasteiger charge is -2.37. The van der Waals surface area contributed by atoms with Crippen molar-refractivity contribution in [3.05, 3.63) is 108 Å². The van der Waals surface area contributed by atoms with E-state index in [-0.39, 0.29) is 11.9 Å². The maximum Gasteiger partial charge on any atom is 0.222 e. The molecule has 1 fully saturated rings. The molecule has 28 heavy (non-hydrogen) atoms. The highest BCUT2D eigenvalue weighted by atomic mass is 16.5. The van der Waals surface area contributed by atoms with Crippen LogP contribution in [0.2, 0.25) is 0 Å². The molecule has 4 rings (SSSR count). The molecular formula is C25H25NO2. The van der Waals surface area contributed by atoms with Gasteiger partial charge in [0.2, 0.25) is 5.91 Å². The van der Waals surface area contributed by atoms with Crippen LogP contribution >= 0.6 is 0 Å². The second kappa shape index (κ2) is 7.99. The normalized spacial score (nSPS) is 17.1.